The van der Waals surface area contributed by atoms with Crippen molar-refractivity contribution >= 4 is 0 Å². The van der Waals surface area contributed by atoms with Gasteiger partial charge in [0.05, 0.1) is 0 Å². The maximum Gasteiger partial charge on any atom is -0.00218 e. The Morgan fingerprint density at radius 3 is 0.846 bits per heavy atom. The second-order valence-electron chi connectivity index (χ2n) is 12.2. The van der Waals surface area contributed by atoms with E-state index in [0.717, 1.165) is 0 Å². The van der Waals surface area contributed by atoms with Crippen molar-refractivity contribution in [1.82, 2.24) is 4.90 Å². The fourth-order valence-electron chi connectivity index (χ4n) is 4.89. The van der Waals surface area contributed by atoms with Crippen molar-refractivity contribution in [3.05, 3.63) is 12.7 Å². The molecule has 0 spiro atoms. The van der Waals surface area contributed by atoms with Crippen LogP contribution in [0.1, 0.15) is 214 Å². The zero-order valence-corrected chi connectivity index (χ0v) is 28.9. The monoisotopic (exact) mass is 552 g/mol. The highest BCUT2D eigenvalue weighted by Crippen LogP contribution is 2.11. The van der Waals surface area contributed by atoms with E-state index >= 15 is 0 Å². The molecule has 1 nitrogen and oxygen atoms in total. The SMILES string of the molecule is C=CCCCCCN(C)CCCCCCCC.CCCCCCCCC.CCCCCCCCCCCCC. The van der Waals surface area contributed by atoms with Crippen molar-refractivity contribution in [2.45, 2.75) is 214 Å². The Kier molecular flexibility index (Phi) is 49.5. The number of nitrogens with zero attached hydrogens (tertiary/aromatic N) is 1. The minimum absolute atomic E-state index is 1.18. The van der Waals surface area contributed by atoms with Gasteiger partial charge in [-0.1, -0.05) is 195 Å². The summed E-state index contributed by atoms with van der Waals surface area (Å²) in [5, 5.41) is 0. The fraction of sp³-hybridized carbons (Fsp3) is 0.947. The summed E-state index contributed by atoms with van der Waals surface area (Å²) in [4.78, 5) is 2.49. The highest BCUT2D eigenvalue weighted by atomic mass is 15.1. The van der Waals surface area contributed by atoms with Crippen LogP contribution in [-0.4, -0.2) is 25.0 Å². The summed E-state index contributed by atoms with van der Waals surface area (Å²) in [7, 11) is 2.26. The van der Waals surface area contributed by atoms with E-state index in [4.69, 9.17) is 0 Å². The van der Waals surface area contributed by atoms with Crippen molar-refractivity contribution in [1.29, 1.82) is 0 Å². The molecule has 0 aromatic rings. The molecule has 0 aromatic carbocycles. The van der Waals surface area contributed by atoms with Gasteiger partial charge in [0.2, 0.25) is 0 Å². The number of hydrogen-bond donors (Lipinski definition) is 0. The highest BCUT2D eigenvalue weighted by molar-refractivity contribution is 4.65. The summed E-state index contributed by atoms with van der Waals surface area (Å²) in [6.07, 6.45) is 41.6. The van der Waals surface area contributed by atoms with Crippen LogP contribution >= 0.6 is 0 Å². The number of unbranched alkanes of at least 4 members (excludes halogenated alkanes) is 24. The molecule has 0 aliphatic rings. The lowest BCUT2D eigenvalue weighted by Crippen LogP contribution is -2.20. The van der Waals surface area contributed by atoms with Gasteiger partial charge in [-0.2, -0.15) is 0 Å². The van der Waals surface area contributed by atoms with Gasteiger partial charge in [0, 0.05) is 0 Å². The average molecular weight is 552 g/mol. The van der Waals surface area contributed by atoms with Crippen molar-refractivity contribution in [3.8, 4) is 0 Å². The molecule has 0 rings (SSSR count). The molecule has 39 heavy (non-hydrogen) atoms. The van der Waals surface area contributed by atoms with E-state index in [0.29, 0.717) is 0 Å². The maximum absolute atomic E-state index is 3.75. The average Bonchev–Trinajstić information content (AvgIpc) is 2.94. The first-order valence-corrected chi connectivity index (χ1v) is 18.4. The molecule has 0 bridgehead atoms. The summed E-state index contributed by atoms with van der Waals surface area (Å²) in [6, 6.07) is 0. The summed E-state index contributed by atoms with van der Waals surface area (Å²) in [5.74, 6) is 0. The maximum atomic E-state index is 3.75. The first-order chi connectivity index (χ1) is 19.1. The molecule has 0 N–H and O–H groups in total. The van der Waals surface area contributed by atoms with Gasteiger partial charge in [-0.25, -0.2) is 0 Å². The Hall–Kier alpha value is -0.300. The number of allylic oxidation sites excluding steroid dienone is 1. The predicted octanol–water partition coefficient (Wildman–Crippen LogP) is 14.1. The number of hydrogen-bond acceptors (Lipinski definition) is 1. The summed E-state index contributed by atoms with van der Waals surface area (Å²) >= 11 is 0. The van der Waals surface area contributed by atoms with E-state index in [-0.39, 0.29) is 0 Å². The van der Waals surface area contributed by atoms with Gasteiger partial charge in [-0.3, -0.25) is 0 Å². The molecule has 0 aliphatic heterocycles. The zero-order valence-electron chi connectivity index (χ0n) is 28.9. The standard InChI is InChI=1S/C16H33N.C13H28.C9H20/c1-4-6-8-10-12-14-16-17(3)15-13-11-9-7-5-2;1-3-5-7-9-11-13-12-10-8-6-4-2;1-3-5-7-9-8-6-4-2/h5H,2,4,6-16H2,1,3H3;3-13H2,1-2H3;3-9H2,1-2H3. The van der Waals surface area contributed by atoms with Gasteiger partial charge in [0.15, 0.2) is 0 Å². The molecule has 0 radical (unpaired) electrons. The van der Waals surface area contributed by atoms with Crippen LogP contribution in [0.4, 0.5) is 0 Å². The third-order valence-corrected chi connectivity index (χ3v) is 7.76. The molecule has 0 saturated carbocycles. The van der Waals surface area contributed by atoms with Crippen LogP contribution in [-0.2, 0) is 0 Å². The largest absolute Gasteiger partial charge is 0.306 e. The molecule has 0 heterocycles. The Morgan fingerprint density at radius 2 is 0.590 bits per heavy atom. The Bertz CT molecular complexity index is 361. The lowest BCUT2D eigenvalue weighted by atomic mass is 10.1. The second-order valence-corrected chi connectivity index (χ2v) is 12.2. The third-order valence-electron chi connectivity index (χ3n) is 7.76. The van der Waals surface area contributed by atoms with Crippen LogP contribution in [0.5, 0.6) is 0 Å². The molecule has 0 unspecified atom stereocenters. The van der Waals surface area contributed by atoms with Crippen LogP contribution in [0.2, 0.25) is 0 Å². The second kappa shape index (κ2) is 44.7. The van der Waals surface area contributed by atoms with Crippen LogP contribution in [0.15, 0.2) is 12.7 Å². The molecular weight excluding hydrogens is 470 g/mol. The van der Waals surface area contributed by atoms with Crippen LogP contribution < -0.4 is 0 Å². The van der Waals surface area contributed by atoms with Gasteiger partial charge in [0.1, 0.15) is 0 Å². The molecule has 0 fully saturated rings. The Morgan fingerprint density at radius 1 is 0.359 bits per heavy atom. The van der Waals surface area contributed by atoms with E-state index in [1.807, 2.05) is 6.08 Å². The summed E-state index contributed by atoms with van der Waals surface area (Å²) in [5.41, 5.74) is 0. The minimum Gasteiger partial charge on any atom is -0.306 e. The van der Waals surface area contributed by atoms with E-state index < -0.39 is 0 Å². The van der Waals surface area contributed by atoms with Crippen molar-refractivity contribution < 1.29 is 0 Å². The van der Waals surface area contributed by atoms with Crippen molar-refractivity contribution in [3.63, 3.8) is 0 Å². The summed E-state index contributed by atoms with van der Waals surface area (Å²) in [6.45, 7) is 17.7. The predicted molar refractivity (Wildman–Crippen MR) is 185 cm³/mol. The highest BCUT2D eigenvalue weighted by Gasteiger charge is 1.98. The quantitative estimate of drug-likeness (QED) is 0.0660. The number of rotatable bonds is 29. The lowest BCUT2D eigenvalue weighted by molar-refractivity contribution is 0.315. The van der Waals surface area contributed by atoms with Gasteiger partial charge in [-0.15, -0.1) is 6.58 Å². The first-order valence-electron chi connectivity index (χ1n) is 18.4. The van der Waals surface area contributed by atoms with Crippen molar-refractivity contribution in [2.24, 2.45) is 0 Å². The summed E-state index contributed by atoms with van der Waals surface area (Å²) < 4.78 is 0. The van der Waals surface area contributed by atoms with E-state index in [2.05, 4.69) is 53.1 Å². The first kappa shape index (κ1) is 43.2. The van der Waals surface area contributed by atoms with Gasteiger partial charge in [0.25, 0.3) is 0 Å². The molecule has 0 aromatic heterocycles. The Labute approximate surface area is 251 Å². The molecule has 1 heteroatoms. The van der Waals surface area contributed by atoms with Crippen LogP contribution in [0.25, 0.3) is 0 Å². The topological polar surface area (TPSA) is 3.24 Å². The smallest absolute Gasteiger partial charge is 0.00218 e. The van der Waals surface area contributed by atoms with E-state index in [1.54, 1.807) is 0 Å². The minimum atomic E-state index is 1.18. The fourth-order valence-corrected chi connectivity index (χ4v) is 4.89. The van der Waals surface area contributed by atoms with Crippen molar-refractivity contribution in [2.75, 3.05) is 20.1 Å². The van der Waals surface area contributed by atoms with Gasteiger partial charge >= 0.3 is 0 Å². The van der Waals surface area contributed by atoms with Crippen LogP contribution in [0, 0.1) is 0 Å². The molecular formula is C38H81N. The lowest BCUT2D eigenvalue weighted by Gasteiger charge is -2.16. The normalized spacial score (nSPS) is 10.6. The van der Waals surface area contributed by atoms with Gasteiger partial charge < -0.3 is 4.90 Å². The molecule has 0 saturated heterocycles. The molecule has 0 amide bonds. The molecule has 238 valence electrons. The van der Waals surface area contributed by atoms with Gasteiger partial charge in [-0.05, 0) is 45.8 Å². The zero-order chi connectivity index (χ0) is 29.5. The van der Waals surface area contributed by atoms with Crippen LogP contribution in [0.3, 0.4) is 0 Å². The molecule has 0 atom stereocenters. The molecule has 0 aliphatic carbocycles. The third kappa shape index (κ3) is 51.0. The Balaban J connectivity index is -0.000000524. The van der Waals surface area contributed by atoms with E-state index in [1.165, 1.54) is 193 Å². The van der Waals surface area contributed by atoms with E-state index in [9.17, 15) is 0 Å².